The van der Waals surface area contributed by atoms with E-state index in [1.54, 1.807) is 24.0 Å². The summed E-state index contributed by atoms with van der Waals surface area (Å²) in [6.07, 6.45) is 1.79. The Morgan fingerprint density at radius 2 is 2.17 bits per heavy atom. The zero-order chi connectivity index (χ0) is 13.1. The minimum absolute atomic E-state index is 0.315. The summed E-state index contributed by atoms with van der Waals surface area (Å²) >= 11 is 15.4. The van der Waals surface area contributed by atoms with Crippen LogP contribution in [0, 0.1) is 0 Å². The van der Waals surface area contributed by atoms with Crippen LogP contribution in [0.1, 0.15) is 11.3 Å². The second-order valence-electron chi connectivity index (χ2n) is 3.68. The van der Waals surface area contributed by atoms with Crippen LogP contribution in [0.25, 0.3) is 0 Å². The molecule has 0 atom stereocenters. The Labute approximate surface area is 123 Å². The topological polar surface area (TPSA) is 39.9 Å². The highest BCUT2D eigenvalue weighted by atomic mass is 79.9. The summed E-state index contributed by atoms with van der Waals surface area (Å²) in [5.41, 5.74) is 1.64. The third-order valence-electron chi connectivity index (χ3n) is 2.24. The Morgan fingerprint density at radius 3 is 2.78 bits per heavy atom. The van der Waals surface area contributed by atoms with Gasteiger partial charge in [-0.25, -0.2) is 0 Å². The molecule has 4 nitrogen and oxygen atoms in total. The van der Waals surface area contributed by atoms with E-state index in [0.29, 0.717) is 27.7 Å². The molecule has 0 aliphatic carbocycles. The van der Waals surface area contributed by atoms with Gasteiger partial charge >= 0.3 is 0 Å². The molecule has 0 N–H and O–H groups in total. The van der Waals surface area contributed by atoms with Crippen molar-refractivity contribution >= 4 is 39.1 Å². The van der Waals surface area contributed by atoms with Crippen LogP contribution in [0.4, 0.5) is 0 Å². The molecule has 0 unspecified atom stereocenters. The number of aromatic nitrogens is 3. The van der Waals surface area contributed by atoms with Crippen LogP contribution in [0.15, 0.2) is 18.3 Å². The fraction of sp³-hybridized carbons (Fsp3) is 0.273. The van der Waals surface area contributed by atoms with E-state index in [4.69, 9.17) is 27.9 Å². The highest BCUT2D eigenvalue weighted by molar-refractivity contribution is 9.08. The smallest absolute Gasteiger partial charge is 0.142 e. The average Bonchev–Trinajstić information content (AvgIpc) is 2.73. The van der Waals surface area contributed by atoms with E-state index in [2.05, 4.69) is 26.2 Å². The van der Waals surface area contributed by atoms with Crippen LogP contribution in [0.3, 0.4) is 0 Å². The molecule has 96 valence electrons. The van der Waals surface area contributed by atoms with Gasteiger partial charge in [-0.1, -0.05) is 44.3 Å². The maximum Gasteiger partial charge on any atom is 0.142 e. The fourth-order valence-corrected chi connectivity index (χ4v) is 2.49. The molecule has 2 rings (SSSR count). The third kappa shape index (κ3) is 3.16. The van der Waals surface area contributed by atoms with Crippen molar-refractivity contribution in [3.05, 3.63) is 39.6 Å². The summed E-state index contributed by atoms with van der Waals surface area (Å²) in [6.45, 7) is 0.315. The summed E-state index contributed by atoms with van der Waals surface area (Å²) in [5.74, 6) is 0.614. The van der Waals surface area contributed by atoms with Crippen molar-refractivity contribution in [2.24, 2.45) is 7.05 Å². The monoisotopic (exact) mass is 349 g/mol. The quantitative estimate of drug-likeness (QED) is 0.791. The number of hydrogen-bond donors (Lipinski definition) is 0. The average molecular weight is 351 g/mol. The first-order chi connectivity index (χ1) is 8.60. The van der Waals surface area contributed by atoms with Gasteiger partial charge in [-0.15, -0.1) is 5.10 Å². The van der Waals surface area contributed by atoms with Crippen LogP contribution in [-0.4, -0.2) is 15.0 Å². The molecule has 2 aromatic rings. The first-order valence-electron chi connectivity index (χ1n) is 5.12. The van der Waals surface area contributed by atoms with Gasteiger partial charge in [0.15, 0.2) is 0 Å². The van der Waals surface area contributed by atoms with E-state index in [1.807, 2.05) is 6.07 Å². The van der Waals surface area contributed by atoms with Gasteiger partial charge in [-0.05, 0) is 12.1 Å². The zero-order valence-electron chi connectivity index (χ0n) is 9.53. The molecule has 7 heteroatoms. The SMILES string of the molecule is Cn1cc(COc2c(Cl)cc(Cl)cc2CBr)nn1. The second-order valence-corrected chi connectivity index (χ2v) is 5.09. The molecule has 0 saturated carbocycles. The normalized spacial score (nSPS) is 10.7. The molecule has 0 radical (unpaired) electrons. The maximum absolute atomic E-state index is 6.11. The fourth-order valence-electron chi connectivity index (χ4n) is 1.48. The van der Waals surface area contributed by atoms with Crippen molar-refractivity contribution in [1.29, 1.82) is 0 Å². The molecule has 0 spiro atoms. The number of hydrogen-bond acceptors (Lipinski definition) is 3. The van der Waals surface area contributed by atoms with Gasteiger partial charge in [0.1, 0.15) is 18.1 Å². The van der Waals surface area contributed by atoms with Gasteiger partial charge in [0.25, 0.3) is 0 Å². The molecule has 1 aromatic heterocycles. The lowest BCUT2D eigenvalue weighted by molar-refractivity contribution is 0.299. The molecule has 0 aliphatic rings. The molecule has 1 aromatic carbocycles. The first-order valence-corrected chi connectivity index (χ1v) is 6.99. The van der Waals surface area contributed by atoms with Gasteiger partial charge in [0.05, 0.1) is 11.2 Å². The molecule has 1 heterocycles. The number of halogens is 3. The van der Waals surface area contributed by atoms with E-state index in [0.717, 1.165) is 11.3 Å². The maximum atomic E-state index is 6.11. The van der Waals surface area contributed by atoms with Gasteiger partial charge in [0.2, 0.25) is 0 Å². The molecule has 0 amide bonds. The molecular weight excluding hydrogens is 341 g/mol. The Bertz CT molecular complexity index is 559. The van der Waals surface area contributed by atoms with Crippen LogP contribution < -0.4 is 4.74 Å². The van der Waals surface area contributed by atoms with Crippen molar-refractivity contribution in [2.75, 3.05) is 0 Å². The standard InChI is InChI=1S/C11H10BrCl2N3O/c1-17-5-9(15-16-17)6-18-11-7(4-12)2-8(13)3-10(11)14/h2-3,5H,4,6H2,1H3. The highest BCUT2D eigenvalue weighted by Gasteiger charge is 2.11. The van der Waals surface area contributed by atoms with E-state index in [9.17, 15) is 0 Å². The molecule has 0 aliphatic heterocycles. The van der Waals surface area contributed by atoms with Crippen molar-refractivity contribution in [2.45, 2.75) is 11.9 Å². The summed E-state index contributed by atoms with van der Waals surface area (Å²) in [5, 5.41) is 9.46. The van der Waals surface area contributed by atoms with Crippen molar-refractivity contribution in [1.82, 2.24) is 15.0 Å². The predicted octanol–water partition coefficient (Wildman–Crippen LogP) is 3.60. The molecule has 0 bridgehead atoms. The minimum atomic E-state index is 0.315. The number of benzene rings is 1. The Kier molecular flexibility index (Phi) is 4.48. The number of aryl methyl sites for hydroxylation is 1. The van der Waals surface area contributed by atoms with Crippen LogP contribution in [0.5, 0.6) is 5.75 Å². The van der Waals surface area contributed by atoms with Gasteiger partial charge in [0, 0.05) is 23.0 Å². The minimum Gasteiger partial charge on any atom is -0.485 e. The summed E-state index contributed by atoms with van der Waals surface area (Å²) in [6, 6.07) is 3.47. The van der Waals surface area contributed by atoms with E-state index >= 15 is 0 Å². The second kappa shape index (κ2) is 5.91. The van der Waals surface area contributed by atoms with Crippen LogP contribution >= 0.6 is 39.1 Å². The van der Waals surface area contributed by atoms with Crippen molar-refractivity contribution in [3.8, 4) is 5.75 Å². The molecular formula is C11H10BrCl2N3O. The Balaban J connectivity index is 2.18. The summed E-state index contributed by atoms with van der Waals surface area (Å²) in [7, 11) is 1.80. The predicted molar refractivity (Wildman–Crippen MR) is 74.4 cm³/mol. The largest absolute Gasteiger partial charge is 0.485 e. The Hall–Kier alpha value is -0.780. The lowest BCUT2D eigenvalue weighted by atomic mass is 10.2. The van der Waals surface area contributed by atoms with Crippen molar-refractivity contribution in [3.63, 3.8) is 0 Å². The highest BCUT2D eigenvalue weighted by Crippen LogP contribution is 2.34. The third-order valence-corrected chi connectivity index (χ3v) is 3.35. The Morgan fingerprint density at radius 1 is 1.39 bits per heavy atom. The lowest BCUT2D eigenvalue weighted by Gasteiger charge is -2.11. The van der Waals surface area contributed by atoms with E-state index < -0.39 is 0 Å². The molecule has 0 saturated heterocycles. The molecule has 0 fully saturated rings. The van der Waals surface area contributed by atoms with Crippen molar-refractivity contribution < 1.29 is 4.74 Å². The van der Waals surface area contributed by atoms with E-state index in [-0.39, 0.29) is 0 Å². The molecule has 18 heavy (non-hydrogen) atoms. The van der Waals surface area contributed by atoms with E-state index in [1.165, 1.54) is 0 Å². The zero-order valence-corrected chi connectivity index (χ0v) is 12.6. The van der Waals surface area contributed by atoms with Crippen LogP contribution in [-0.2, 0) is 19.0 Å². The van der Waals surface area contributed by atoms with Gasteiger partial charge in [-0.3, -0.25) is 4.68 Å². The first kappa shape index (κ1) is 13.6. The number of alkyl halides is 1. The van der Waals surface area contributed by atoms with Crippen LogP contribution in [0.2, 0.25) is 10.0 Å². The number of nitrogens with zero attached hydrogens (tertiary/aromatic N) is 3. The van der Waals surface area contributed by atoms with Gasteiger partial charge < -0.3 is 4.74 Å². The number of rotatable bonds is 4. The number of ether oxygens (including phenoxy) is 1. The summed E-state index contributed by atoms with van der Waals surface area (Å²) in [4.78, 5) is 0. The van der Waals surface area contributed by atoms with Gasteiger partial charge in [-0.2, -0.15) is 0 Å². The lowest BCUT2D eigenvalue weighted by Crippen LogP contribution is -1.99. The summed E-state index contributed by atoms with van der Waals surface area (Å²) < 4.78 is 7.30.